The lowest BCUT2D eigenvalue weighted by Crippen LogP contribution is -2.25. The summed E-state index contributed by atoms with van der Waals surface area (Å²) < 4.78 is 5.46. The van der Waals surface area contributed by atoms with Gasteiger partial charge in [0.1, 0.15) is 5.82 Å². The van der Waals surface area contributed by atoms with Crippen LogP contribution < -0.4 is 0 Å². The van der Waals surface area contributed by atoms with Crippen LogP contribution in [0.15, 0.2) is 36.4 Å². The summed E-state index contributed by atoms with van der Waals surface area (Å²) >= 11 is 0. The molecule has 0 spiro atoms. The average molecular weight is 273 g/mol. The van der Waals surface area contributed by atoms with Crippen LogP contribution in [0.1, 0.15) is 18.9 Å². The number of hydrogen-bond acceptors (Lipinski definition) is 4. The lowest BCUT2D eigenvalue weighted by molar-refractivity contribution is -0.145. The number of rotatable bonds is 5. The number of H-pyrrole nitrogens is 1. The normalized spacial score (nSPS) is 12.6. The van der Waals surface area contributed by atoms with Gasteiger partial charge in [0.25, 0.3) is 0 Å². The number of nitrogens with zero attached hydrogens (tertiary/aromatic N) is 2. The van der Waals surface area contributed by atoms with Crippen LogP contribution >= 0.6 is 0 Å². The molecule has 0 aliphatic heterocycles. The number of para-hydroxylation sites is 2. The fourth-order valence-electron chi connectivity index (χ4n) is 1.87. The minimum Gasteiger partial charge on any atom is -0.449 e. The molecular weight excluding hydrogens is 254 g/mol. The second-order valence-corrected chi connectivity index (χ2v) is 5.08. The molecule has 1 unspecified atom stereocenters. The van der Waals surface area contributed by atoms with Gasteiger partial charge in [-0.1, -0.05) is 18.7 Å². The maximum atomic E-state index is 11.7. The molecule has 5 nitrogen and oxygen atoms in total. The summed E-state index contributed by atoms with van der Waals surface area (Å²) in [7, 11) is 3.84. The molecule has 1 heterocycles. The Balaban J connectivity index is 2.29. The summed E-state index contributed by atoms with van der Waals surface area (Å²) in [6.07, 6.45) is -0.443. The Hall–Kier alpha value is -2.14. The number of carbonyl (C=O) groups is 1. The van der Waals surface area contributed by atoms with Gasteiger partial charge >= 0.3 is 5.97 Å². The maximum Gasteiger partial charge on any atom is 0.333 e. The monoisotopic (exact) mass is 273 g/mol. The molecule has 1 aromatic heterocycles. The quantitative estimate of drug-likeness (QED) is 0.670. The highest BCUT2D eigenvalue weighted by Gasteiger charge is 2.21. The Labute approximate surface area is 118 Å². The number of likely N-dealkylation sites (N-methyl/N-ethyl adjacent to an activating group) is 1. The van der Waals surface area contributed by atoms with E-state index in [9.17, 15) is 4.79 Å². The van der Waals surface area contributed by atoms with Crippen LogP contribution in [0.25, 0.3) is 11.0 Å². The second-order valence-electron chi connectivity index (χ2n) is 5.08. The van der Waals surface area contributed by atoms with Gasteiger partial charge in [-0.25, -0.2) is 9.78 Å². The van der Waals surface area contributed by atoms with Crippen LogP contribution in [-0.4, -0.2) is 41.5 Å². The fraction of sp³-hybridized carbons (Fsp3) is 0.333. The van der Waals surface area contributed by atoms with E-state index in [1.807, 2.05) is 43.3 Å². The lowest BCUT2D eigenvalue weighted by atomic mass is 10.3. The van der Waals surface area contributed by atoms with Crippen molar-refractivity contribution in [2.24, 2.45) is 0 Å². The Morgan fingerprint density at radius 3 is 2.75 bits per heavy atom. The molecule has 0 saturated heterocycles. The molecule has 20 heavy (non-hydrogen) atoms. The fourth-order valence-corrected chi connectivity index (χ4v) is 1.87. The van der Waals surface area contributed by atoms with Crippen molar-refractivity contribution in [3.8, 4) is 0 Å². The van der Waals surface area contributed by atoms with E-state index in [0.717, 1.165) is 11.0 Å². The first-order valence-corrected chi connectivity index (χ1v) is 6.43. The van der Waals surface area contributed by atoms with Crippen LogP contribution in [0.4, 0.5) is 0 Å². The van der Waals surface area contributed by atoms with Crippen LogP contribution in [0.5, 0.6) is 0 Å². The molecule has 0 radical (unpaired) electrons. The van der Waals surface area contributed by atoms with Crippen molar-refractivity contribution in [3.63, 3.8) is 0 Å². The largest absolute Gasteiger partial charge is 0.449 e. The molecular formula is C15H19N3O2. The third-order valence-electron chi connectivity index (χ3n) is 2.84. The van der Waals surface area contributed by atoms with Crippen molar-refractivity contribution in [2.45, 2.75) is 13.0 Å². The van der Waals surface area contributed by atoms with Gasteiger partial charge in [0.15, 0.2) is 6.10 Å². The van der Waals surface area contributed by atoms with E-state index in [0.29, 0.717) is 17.9 Å². The summed E-state index contributed by atoms with van der Waals surface area (Å²) in [6, 6.07) is 7.72. The summed E-state index contributed by atoms with van der Waals surface area (Å²) in [4.78, 5) is 21.4. The third-order valence-corrected chi connectivity index (χ3v) is 2.84. The van der Waals surface area contributed by atoms with Crippen molar-refractivity contribution in [3.05, 3.63) is 42.2 Å². The Morgan fingerprint density at radius 2 is 2.15 bits per heavy atom. The topological polar surface area (TPSA) is 58.2 Å². The van der Waals surface area contributed by atoms with E-state index in [-0.39, 0.29) is 0 Å². The van der Waals surface area contributed by atoms with Gasteiger partial charge in [-0.2, -0.15) is 0 Å². The minimum atomic E-state index is -0.443. The van der Waals surface area contributed by atoms with Gasteiger partial charge in [-0.05, 0) is 33.2 Å². The van der Waals surface area contributed by atoms with E-state index < -0.39 is 12.1 Å². The van der Waals surface area contributed by atoms with Crippen LogP contribution in [0.2, 0.25) is 0 Å². The van der Waals surface area contributed by atoms with Crippen molar-refractivity contribution in [1.29, 1.82) is 0 Å². The Bertz CT molecular complexity index is 598. The number of fused-ring (bicyclic) bond motifs is 1. The number of benzene rings is 1. The SMILES string of the molecule is C=C(C)C(=O)OC(CN(C)C)c1nc2ccccc2[nH]1. The number of ether oxygens (including phenoxy) is 1. The van der Waals surface area contributed by atoms with Crippen molar-refractivity contribution in [2.75, 3.05) is 20.6 Å². The molecule has 0 aliphatic carbocycles. The minimum absolute atomic E-state index is 0.380. The van der Waals surface area contributed by atoms with Crippen LogP contribution in [-0.2, 0) is 9.53 Å². The van der Waals surface area contributed by atoms with Gasteiger partial charge in [0, 0.05) is 12.1 Å². The van der Waals surface area contributed by atoms with E-state index >= 15 is 0 Å². The summed E-state index contributed by atoms with van der Waals surface area (Å²) in [6.45, 7) is 5.79. The molecule has 2 aromatic rings. The van der Waals surface area contributed by atoms with E-state index in [2.05, 4.69) is 16.5 Å². The molecule has 0 amide bonds. The summed E-state index contributed by atoms with van der Waals surface area (Å²) in [5, 5.41) is 0. The Kier molecular flexibility index (Phi) is 4.20. The molecule has 1 atom stereocenters. The zero-order valence-corrected chi connectivity index (χ0v) is 12.0. The standard InChI is InChI=1S/C15H19N3O2/c1-10(2)15(19)20-13(9-18(3)4)14-16-11-7-5-6-8-12(11)17-14/h5-8,13H,1,9H2,2-4H3,(H,16,17). The van der Waals surface area contributed by atoms with Crippen molar-refractivity contribution < 1.29 is 9.53 Å². The third kappa shape index (κ3) is 3.24. The number of imidazole rings is 1. The number of aromatic nitrogens is 2. The van der Waals surface area contributed by atoms with Gasteiger partial charge < -0.3 is 14.6 Å². The first-order chi connectivity index (χ1) is 9.47. The molecule has 2 rings (SSSR count). The van der Waals surface area contributed by atoms with E-state index in [1.165, 1.54) is 0 Å². The van der Waals surface area contributed by atoms with Crippen LogP contribution in [0.3, 0.4) is 0 Å². The molecule has 0 bridgehead atoms. The van der Waals surface area contributed by atoms with Crippen molar-refractivity contribution >= 4 is 17.0 Å². The number of carbonyl (C=O) groups excluding carboxylic acids is 1. The van der Waals surface area contributed by atoms with Crippen LogP contribution in [0, 0.1) is 0 Å². The summed E-state index contributed by atoms with van der Waals surface area (Å²) in [5.41, 5.74) is 2.17. The van der Waals surface area contributed by atoms with Gasteiger partial charge in [-0.15, -0.1) is 0 Å². The lowest BCUT2D eigenvalue weighted by Gasteiger charge is -2.19. The molecule has 0 saturated carbocycles. The molecule has 1 N–H and O–H groups in total. The highest BCUT2D eigenvalue weighted by molar-refractivity contribution is 5.87. The molecule has 0 fully saturated rings. The van der Waals surface area contributed by atoms with Gasteiger partial charge in [0.2, 0.25) is 0 Å². The number of hydrogen-bond donors (Lipinski definition) is 1. The van der Waals surface area contributed by atoms with Crippen molar-refractivity contribution in [1.82, 2.24) is 14.9 Å². The molecule has 0 aliphatic rings. The number of nitrogens with one attached hydrogen (secondary N) is 1. The van der Waals surface area contributed by atoms with E-state index in [1.54, 1.807) is 6.92 Å². The zero-order valence-electron chi connectivity index (χ0n) is 12.0. The maximum absolute atomic E-state index is 11.7. The molecule has 1 aromatic carbocycles. The Morgan fingerprint density at radius 1 is 1.45 bits per heavy atom. The molecule has 106 valence electrons. The second kappa shape index (κ2) is 5.88. The predicted molar refractivity (Wildman–Crippen MR) is 78.3 cm³/mol. The average Bonchev–Trinajstić information content (AvgIpc) is 2.80. The van der Waals surface area contributed by atoms with Gasteiger partial charge in [-0.3, -0.25) is 0 Å². The number of esters is 1. The first-order valence-electron chi connectivity index (χ1n) is 6.43. The predicted octanol–water partition coefficient (Wildman–Crippen LogP) is 2.28. The highest BCUT2D eigenvalue weighted by Crippen LogP contribution is 2.20. The smallest absolute Gasteiger partial charge is 0.333 e. The zero-order chi connectivity index (χ0) is 14.7. The summed E-state index contributed by atoms with van der Waals surface area (Å²) in [5.74, 6) is 0.242. The number of aromatic amines is 1. The first kappa shape index (κ1) is 14.3. The highest BCUT2D eigenvalue weighted by atomic mass is 16.5. The van der Waals surface area contributed by atoms with Gasteiger partial charge in [0.05, 0.1) is 11.0 Å². The van der Waals surface area contributed by atoms with E-state index in [4.69, 9.17) is 4.74 Å². The molecule has 5 heteroatoms.